The van der Waals surface area contributed by atoms with Gasteiger partial charge in [-0.15, -0.1) is 0 Å². The summed E-state index contributed by atoms with van der Waals surface area (Å²) in [5.74, 6) is 1.95. The summed E-state index contributed by atoms with van der Waals surface area (Å²) in [6, 6.07) is 7.06. The van der Waals surface area contributed by atoms with Crippen molar-refractivity contribution in [1.82, 2.24) is 19.4 Å². The second-order valence-corrected chi connectivity index (χ2v) is 8.83. The zero-order valence-electron chi connectivity index (χ0n) is 17.7. The number of rotatable bonds is 5. The third-order valence-corrected chi connectivity index (χ3v) is 6.47. The van der Waals surface area contributed by atoms with Crippen LogP contribution in [0.2, 0.25) is 5.02 Å². The van der Waals surface area contributed by atoms with Gasteiger partial charge in [0.15, 0.2) is 11.5 Å². The van der Waals surface area contributed by atoms with Crippen LogP contribution in [-0.2, 0) is 13.0 Å². The molecular formula is C23H26ClN5O3. The van der Waals surface area contributed by atoms with E-state index >= 15 is 0 Å². The lowest BCUT2D eigenvalue weighted by Crippen LogP contribution is -2.49. The van der Waals surface area contributed by atoms with Gasteiger partial charge in [-0.2, -0.15) is 0 Å². The predicted molar refractivity (Wildman–Crippen MR) is 122 cm³/mol. The number of aromatic nitrogens is 3. The van der Waals surface area contributed by atoms with Crippen molar-refractivity contribution in [2.75, 3.05) is 26.3 Å². The van der Waals surface area contributed by atoms with Gasteiger partial charge in [-0.05, 0) is 43.9 Å². The third-order valence-electron chi connectivity index (χ3n) is 6.27. The number of ether oxygens (including phenoxy) is 2. The van der Waals surface area contributed by atoms with Gasteiger partial charge < -0.3 is 19.8 Å². The fourth-order valence-corrected chi connectivity index (χ4v) is 4.74. The number of nitrogens with two attached hydrogens (primary N) is 1. The molecule has 2 atom stereocenters. The van der Waals surface area contributed by atoms with Crippen molar-refractivity contribution < 1.29 is 9.47 Å². The first-order valence-electron chi connectivity index (χ1n) is 11.0. The fourth-order valence-electron chi connectivity index (χ4n) is 4.58. The van der Waals surface area contributed by atoms with Crippen molar-refractivity contribution in [2.24, 2.45) is 11.7 Å². The molecule has 0 saturated carbocycles. The molecule has 5 heterocycles. The molecule has 2 unspecified atom stereocenters. The molecule has 3 aromatic heterocycles. The van der Waals surface area contributed by atoms with Crippen molar-refractivity contribution in [1.29, 1.82) is 0 Å². The summed E-state index contributed by atoms with van der Waals surface area (Å²) in [5.41, 5.74) is 8.96. The number of fused-ring (bicyclic) bond motifs is 2. The highest BCUT2D eigenvalue weighted by Crippen LogP contribution is 2.31. The van der Waals surface area contributed by atoms with Crippen LogP contribution in [0.1, 0.15) is 18.5 Å². The number of hydrogen-bond acceptors (Lipinski definition) is 7. The summed E-state index contributed by atoms with van der Waals surface area (Å²) in [6.07, 6.45) is 6.07. The molecule has 1 saturated heterocycles. The number of piperidine rings is 1. The van der Waals surface area contributed by atoms with E-state index in [-0.39, 0.29) is 11.7 Å². The molecule has 3 aromatic rings. The Kier molecular flexibility index (Phi) is 5.99. The highest BCUT2D eigenvalue weighted by Gasteiger charge is 2.27. The van der Waals surface area contributed by atoms with Gasteiger partial charge in [0.1, 0.15) is 13.2 Å². The fraction of sp³-hybridized carbons (Fsp3) is 0.435. The Morgan fingerprint density at radius 1 is 1.09 bits per heavy atom. The maximum atomic E-state index is 12.5. The van der Waals surface area contributed by atoms with Crippen molar-refractivity contribution in [2.45, 2.75) is 32.0 Å². The predicted octanol–water partition coefficient (Wildman–Crippen LogP) is 2.46. The van der Waals surface area contributed by atoms with Gasteiger partial charge in [0, 0.05) is 37.1 Å². The van der Waals surface area contributed by atoms with Crippen LogP contribution in [0.25, 0.3) is 11.0 Å². The van der Waals surface area contributed by atoms with E-state index in [1.165, 1.54) is 0 Å². The smallest absolute Gasteiger partial charge is 0.251 e. The number of nitrogens with zero attached hydrogens (tertiary/aromatic N) is 4. The summed E-state index contributed by atoms with van der Waals surface area (Å²) < 4.78 is 13.0. The van der Waals surface area contributed by atoms with Gasteiger partial charge in [0.25, 0.3) is 5.56 Å². The van der Waals surface area contributed by atoms with E-state index in [0.29, 0.717) is 43.0 Å². The molecule has 8 nitrogen and oxygen atoms in total. The van der Waals surface area contributed by atoms with Crippen molar-refractivity contribution >= 4 is 22.6 Å². The largest absolute Gasteiger partial charge is 0.486 e. The Labute approximate surface area is 190 Å². The minimum atomic E-state index is -0.0605. The first-order valence-corrected chi connectivity index (χ1v) is 11.3. The SMILES string of the molecule is NC1CC(Cc2cc3c(cn2)OCCO3)CCN1CCn1c(=O)ccc2ncc(Cl)cc21. The van der Waals surface area contributed by atoms with E-state index in [1.54, 1.807) is 35.2 Å². The Balaban J connectivity index is 1.21. The standard InChI is InChI=1S/C23H26ClN5O3/c24-16-11-19-18(27-13-16)1-2-23(30)29(19)6-5-28-4-3-15(10-22(28)25)9-17-12-20-21(14-26-17)32-8-7-31-20/h1-2,11-15,22H,3-10,25H2. The molecule has 0 aliphatic carbocycles. The second-order valence-electron chi connectivity index (χ2n) is 8.40. The number of likely N-dealkylation sites (tertiary alicyclic amines) is 1. The first kappa shape index (κ1) is 21.2. The average molecular weight is 456 g/mol. The van der Waals surface area contributed by atoms with Gasteiger partial charge in [-0.1, -0.05) is 11.6 Å². The Morgan fingerprint density at radius 3 is 2.78 bits per heavy atom. The molecule has 32 heavy (non-hydrogen) atoms. The first-order chi connectivity index (χ1) is 15.6. The van der Waals surface area contributed by atoms with Crippen molar-refractivity contribution in [3.05, 3.63) is 57.7 Å². The van der Waals surface area contributed by atoms with Crippen LogP contribution in [-0.4, -0.2) is 51.9 Å². The van der Waals surface area contributed by atoms with Crippen LogP contribution < -0.4 is 20.8 Å². The third kappa shape index (κ3) is 4.44. The molecule has 9 heteroatoms. The topological polar surface area (TPSA) is 95.5 Å². The molecule has 0 spiro atoms. The van der Waals surface area contributed by atoms with Crippen LogP contribution in [0.5, 0.6) is 11.5 Å². The van der Waals surface area contributed by atoms with Crippen LogP contribution in [0, 0.1) is 5.92 Å². The Bertz CT molecular complexity index is 1180. The number of pyridine rings is 3. The van der Waals surface area contributed by atoms with Gasteiger partial charge >= 0.3 is 0 Å². The van der Waals surface area contributed by atoms with Crippen molar-refractivity contribution in [3.63, 3.8) is 0 Å². The molecular weight excluding hydrogens is 430 g/mol. The molecule has 5 rings (SSSR count). The number of halogens is 1. The molecule has 2 aliphatic rings. The summed E-state index contributed by atoms with van der Waals surface area (Å²) in [5, 5.41) is 0.516. The molecule has 2 aliphatic heterocycles. The second kappa shape index (κ2) is 9.05. The van der Waals surface area contributed by atoms with Crippen molar-refractivity contribution in [3.8, 4) is 11.5 Å². The van der Waals surface area contributed by atoms with E-state index < -0.39 is 0 Å². The molecule has 1 fully saturated rings. The van der Waals surface area contributed by atoms with Crippen LogP contribution >= 0.6 is 11.6 Å². The minimum absolute atomic E-state index is 0.0571. The summed E-state index contributed by atoms with van der Waals surface area (Å²) in [7, 11) is 0. The normalized spacial score (nSPS) is 21.1. The summed E-state index contributed by atoms with van der Waals surface area (Å²) in [6.45, 7) is 3.26. The summed E-state index contributed by atoms with van der Waals surface area (Å²) in [4.78, 5) is 23.6. The highest BCUT2D eigenvalue weighted by atomic mass is 35.5. The lowest BCUT2D eigenvalue weighted by molar-refractivity contribution is 0.111. The monoisotopic (exact) mass is 455 g/mol. The average Bonchev–Trinajstić information content (AvgIpc) is 2.79. The zero-order chi connectivity index (χ0) is 22.1. The van der Waals surface area contributed by atoms with Gasteiger partial charge in [-0.3, -0.25) is 19.7 Å². The lowest BCUT2D eigenvalue weighted by Gasteiger charge is -2.37. The van der Waals surface area contributed by atoms with Gasteiger partial charge in [0.05, 0.1) is 28.4 Å². The van der Waals surface area contributed by atoms with E-state index in [9.17, 15) is 4.79 Å². The molecule has 0 amide bonds. The van der Waals surface area contributed by atoms with Crippen LogP contribution in [0.15, 0.2) is 41.5 Å². The quantitative estimate of drug-likeness (QED) is 0.631. The molecule has 168 valence electrons. The molecule has 0 radical (unpaired) electrons. The molecule has 2 N–H and O–H groups in total. The molecule has 0 aromatic carbocycles. The van der Waals surface area contributed by atoms with E-state index in [2.05, 4.69) is 14.9 Å². The van der Waals surface area contributed by atoms with E-state index in [4.69, 9.17) is 26.8 Å². The molecule has 0 bridgehead atoms. The lowest BCUT2D eigenvalue weighted by atomic mass is 9.90. The van der Waals surface area contributed by atoms with Gasteiger partial charge in [-0.25, -0.2) is 0 Å². The minimum Gasteiger partial charge on any atom is -0.486 e. The van der Waals surface area contributed by atoms with Gasteiger partial charge in [0.2, 0.25) is 0 Å². The summed E-state index contributed by atoms with van der Waals surface area (Å²) >= 11 is 6.11. The maximum absolute atomic E-state index is 12.5. The Morgan fingerprint density at radius 2 is 1.94 bits per heavy atom. The van der Waals surface area contributed by atoms with Crippen LogP contribution in [0.3, 0.4) is 0 Å². The zero-order valence-corrected chi connectivity index (χ0v) is 18.5. The van der Waals surface area contributed by atoms with Crippen LogP contribution in [0.4, 0.5) is 0 Å². The Hall–Kier alpha value is -2.68. The highest BCUT2D eigenvalue weighted by molar-refractivity contribution is 6.31. The maximum Gasteiger partial charge on any atom is 0.251 e. The number of hydrogen-bond donors (Lipinski definition) is 1. The van der Waals surface area contributed by atoms with E-state index in [1.807, 2.05) is 6.07 Å². The van der Waals surface area contributed by atoms with E-state index in [0.717, 1.165) is 48.3 Å².